The Balaban J connectivity index is 3.01. The Hall–Kier alpha value is -1.35. The van der Waals surface area contributed by atoms with Crippen LogP contribution in [0.25, 0.3) is 0 Å². The van der Waals surface area contributed by atoms with Gasteiger partial charge in [0, 0.05) is 0 Å². The summed E-state index contributed by atoms with van der Waals surface area (Å²) in [4.78, 5) is 36.2. The third-order valence-corrected chi connectivity index (χ3v) is 3.65. The molecule has 9 heteroatoms. The second kappa shape index (κ2) is 6.64. The van der Waals surface area contributed by atoms with Crippen molar-refractivity contribution >= 4 is 33.9 Å². The third kappa shape index (κ3) is 4.57. The Labute approximate surface area is 143 Å². The minimum Gasteiger partial charge on any atom is -0.467 e. The van der Waals surface area contributed by atoms with Gasteiger partial charge in [-0.3, -0.25) is 10.1 Å². The molecule has 1 heterocycles. The lowest BCUT2D eigenvalue weighted by Crippen LogP contribution is -2.74. The van der Waals surface area contributed by atoms with Gasteiger partial charge in [0.15, 0.2) is 6.04 Å². The molecule has 0 radical (unpaired) electrons. The molecule has 0 aromatic carbocycles. The summed E-state index contributed by atoms with van der Waals surface area (Å²) in [5.74, 6) is -1.30. The number of carbonyl (C=O) groups is 3. The van der Waals surface area contributed by atoms with Crippen molar-refractivity contribution in [1.29, 1.82) is 0 Å². The highest BCUT2D eigenvalue weighted by molar-refractivity contribution is 9.10. The van der Waals surface area contributed by atoms with Crippen molar-refractivity contribution in [2.45, 2.75) is 56.3 Å². The average molecular weight is 395 g/mol. The van der Waals surface area contributed by atoms with Gasteiger partial charge in [-0.25, -0.2) is 9.59 Å². The molecule has 0 unspecified atom stereocenters. The molecule has 0 aromatic heterocycles. The fourth-order valence-corrected chi connectivity index (χ4v) is 2.37. The van der Waals surface area contributed by atoms with Gasteiger partial charge in [0.2, 0.25) is 5.72 Å². The minimum absolute atomic E-state index is 0.150. The van der Waals surface area contributed by atoms with Crippen molar-refractivity contribution in [3.05, 3.63) is 0 Å². The maximum Gasteiger partial charge on any atom is 0.410 e. The van der Waals surface area contributed by atoms with E-state index in [1.165, 1.54) is 7.11 Å². The summed E-state index contributed by atoms with van der Waals surface area (Å²) < 4.78 is 14.4. The van der Waals surface area contributed by atoms with Gasteiger partial charge in [0.1, 0.15) is 5.60 Å². The molecule has 23 heavy (non-hydrogen) atoms. The second-order valence-corrected chi connectivity index (χ2v) is 8.62. The van der Waals surface area contributed by atoms with E-state index in [4.69, 9.17) is 9.47 Å². The number of hydrogen-bond acceptors (Lipinski definition) is 6. The smallest absolute Gasteiger partial charge is 0.410 e. The number of hydrogen-bond donors (Lipinski definition) is 2. The highest BCUT2D eigenvalue weighted by atomic mass is 79.9. The number of alkyl halides is 1. The van der Waals surface area contributed by atoms with E-state index in [2.05, 4.69) is 31.3 Å². The van der Waals surface area contributed by atoms with E-state index in [1.807, 2.05) is 0 Å². The molecule has 0 saturated carbocycles. The lowest BCUT2D eigenvalue weighted by molar-refractivity contribution is -0.176. The molecule has 0 aromatic rings. The number of morpholine rings is 1. The summed E-state index contributed by atoms with van der Waals surface area (Å²) in [5, 5.41) is 4.96. The molecule has 0 spiro atoms. The molecule has 132 valence electrons. The van der Waals surface area contributed by atoms with Gasteiger partial charge >= 0.3 is 12.1 Å². The zero-order valence-electron chi connectivity index (χ0n) is 14.1. The number of halogens is 1. The molecule has 2 amide bonds. The summed E-state index contributed by atoms with van der Waals surface area (Å²) in [6, 6.07) is -0.934. The first-order valence-corrected chi connectivity index (χ1v) is 7.84. The SMILES string of the molecule is COC(=O)[C@@H]1CO[C@](NC(=O)OC(C)(C)C)(C(C)(C)Br)C(=O)N1. The van der Waals surface area contributed by atoms with Crippen molar-refractivity contribution in [2.24, 2.45) is 0 Å². The third-order valence-electron chi connectivity index (χ3n) is 3.09. The van der Waals surface area contributed by atoms with E-state index in [9.17, 15) is 14.4 Å². The quantitative estimate of drug-likeness (QED) is 0.548. The van der Waals surface area contributed by atoms with Gasteiger partial charge in [-0.05, 0) is 34.6 Å². The first-order valence-electron chi connectivity index (χ1n) is 7.05. The highest BCUT2D eigenvalue weighted by Gasteiger charge is 2.57. The molecule has 1 aliphatic rings. The maximum atomic E-state index is 12.6. The Kier molecular flexibility index (Phi) is 5.69. The van der Waals surface area contributed by atoms with Crippen LogP contribution in [0, 0.1) is 0 Å². The molecule has 1 rings (SSSR count). The molecular formula is C14H23BrN2O6. The normalized spacial score (nSPS) is 25.3. The zero-order valence-corrected chi connectivity index (χ0v) is 15.7. The molecule has 0 bridgehead atoms. The van der Waals surface area contributed by atoms with Crippen LogP contribution in [0.4, 0.5) is 4.79 Å². The lowest BCUT2D eigenvalue weighted by atomic mass is 9.96. The number of carbonyl (C=O) groups excluding carboxylic acids is 3. The monoisotopic (exact) mass is 394 g/mol. The number of esters is 1. The topological polar surface area (TPSA) is 103 Å². The van der Waals surface area contributed by atoms with Crippen LogP contribution in [0.5, 0.6) is 0 Å². The molecule has 1 aliphatic heterocycles. The highest BCUT2D eigenvalue weighted by Crippen LogP contribution is 2.34. The van der Waals surface area contributed by atoms with Gasteiger partial charge in [0.25, 0.3) is 5.91 Å². The van der Waals surface area contributed by atoms with Crippen LogP contribution in [0.15, 0.2) is 0 Å². The van der Waals surface area contributed by atoms with Crippen molar-refractivity contribution in [3.8, 4) is 0 Å². The predicted molar refractivity (Wildman–Crippen MR) is 85.0 cm³/mol. The first kappa shape index (κ1) is 19.7. The summed E-state index contributed by atoms with van der Waals surface area (Å²) >= 11 is 3.35. The van der Waals surface area contributed by atoms with E-state index >= 15 is 0 Å². The number of nitrogens with one attached hydrogen (secondary N) is 2. The molecule has 8 nitrogen and oxygen atoms in total. The summed E-state index contributed by atoms with van der Waals surface area (Å²) in [5.41, 5.74) is -2.47. The lowest BCUT2D eigenvalue weighted by Gasteiger charge is -2.45. The first-order chi connectivity index (χ1) is 10.3. The molecule has 2 N–H and O–H groups in total. The van der Waals surface area contributed by atoms with Crippen LogP contribution >= 0.6 is 15.9 Å². The number of ether oxygens (including phenoxy) is 3. The van der Waals surface area contributed by atoms with Gasteiger partial charge in [-0.2, -0.15) is 0 Å². The standard InChI is InChI=1S/C14H23BrN2O6/c1-12(2,3)23-11(20)17-14(13(4,5)15)10(19)16-8(7-22-14)9(18)21-6/h8H,7H2,1-6H3,(H,16,19)(H,17,20)/t8-,14-/m0/s1. The Morgan fingerprint density at radius 2 is 1.91 bits per heavy atom. The fourth-order valence-electron chi connectivity index (χ4n) is 1.98. The molecule has 0 aliphatic carbocycles. The van der Waals surface area contributed by atoms with Crippen molar-refractivity contribution in [2.75, 3.05) is 13.7 Å². The van der Waals surface area contributed by atoms with Gasteiger partial charge < -0.3 is 19.5 Å². The molecule has 1 fully saturated rings. The minimum atomic E-state index is -1.74. The van der Waals surface area contributed by atoms with Crippen molar-refractivity contribution < 1.29 is 28.6 Å². The second-order valence-electron chi connectivity index (χ2n) is 6.64. The van der Waals surface area contributed by atoms with E-state index in [1.54, 1.807) is 34.6 Å². The Bertz CT molecular complexity index is 496. The number of methoxy groups -OCH3 is 1. The van der Waals surface area contributed by atoms with Crippen LogP contribution in [0.1, 0.15) is 34.6 Å². The summed E-state index contributed by atoms with van der Waals surface area (Å²) in [6.07, 6.45) is -0.809. The average Bonchev–Trinajstić information content (AvgIpc) is 2.36. The van der Waals surface area contributed by atoms with Crippen LogP contribution < -0.4 is 10.6 Å². The molecule has 1 saturated heterocycles. The molecule has 2 atom stereocenters. The van der Waals surface area contributed by atoms with E-state index in [0.717, 1.165) is 0 Å². The van der Waals surface area contributed by atoms with Crippen LogP contribution in [0.2, 0.25) is 0 Å². The number of alkyl carbamates (subject to hydrolysis) is 1. The van der Waals surface area contributed by atoms with Crippen LogP contribution in [-0.2, 0) is 23.8 Å². The van der Waals surface area contributed by atoms with Crippen LogP contribution in [0.3, 0.4) is 0 Å². The zero-order chi connectivity index (χ0) is 18.1. The van der Waals surface area contributed by atoms with Gasteiger partial charge in [-0.15, -0.1) is 0 Å². The van der Waals surface area contributed by atoms with Crippen LogP contribution in [-0.4, -0.2) is 53.4 Å². The van der Waals surface area contributed by atoms with Gasteiger partial charge in [-0.1, -0.05) is 15.9 Å². The predicted octanol–water partition coefficient (Wildman–Crippen LogP) is 1.07. The van der Waals surface area contributed by atoms with E-state index < -0.39 is 39.7 Å². The van der Waals surface area contributed by atoms with E-state index in [-0.39, 0.29) is 6.61 Å². The Morgan fingerprint density at radius 3 is 2.30 bits per heavy atom. The number of rotatable bonds is 3. The summed E-state index contributed by atoms with van der Waals surface area (Å²) in [7, 11) is 1.21. The Morgan fingerprint density at radius 1 is 1.35 bits per heavy atom. The van der Waals surface area contributed by atoms with Gasteiger partial charge in [0.05, 0.1) is 18.0 Å². The van der Waals surface area contributed by atoms with E-state index in [0.29, 0.717) is 0 Å². The molecular weight excluding hydrogens is 372 g/mol. The summed E-state index contributed by atoms with van der Waals surface area (Å²) in [6.45, 7) is 8.27. The largest absolute Gasteiger partial charge is 0.467 e. The van der Waals surface area contributed by atoms with Crippen molar-refractivity contribution in [1.82, 2.24) is 10.6 Å². The van der Waals surface area contributed by atoms with Crippen molar-refractivity contribution in [3.63, 3.8) is 0 Å². The fraction of sp³-hybridized carbons (Fsp3) is 0.786. The number of amides is 2. The maximum absolute atomic E-state index is 12.6.